The Morgan fingerprint density at radius 2 is 2.22 bits per heavy atom. The Morgan fingerprint density at radius 3 is 3.00 bits per heavy atom. The quantitative estimate of drug-likeness (QED) is 0.858. The first-order chi connectivity index (χ1) is 8.70. The molecule has 96 valence electrons. The third-order valence-corrected chi connectivity index (χ3v) is 3.64. The van der Waals surface area contributed by atoms with Crippen molar-refractivity contribution in [3.63, 3.8) is 0 Å². The van der Waals surface area contributed by atoms with Crippen molar-refractivity contribution in [2.75, 3.05) is 13.1 Å². The number of nitrogens with one attached hydrogen (secondary N) is 1. The van der Waals surface area contributed by atoms with Crippen LogP contribution >= 0.6 is 22.9 Å². The second-order valence-electron chi connectivity index (χ2n) is 3.73. The van der Waals surface area contributed by atoms with E-state index >= 15 is 0 Å². The maximum atomic E-state index is 13.6. The van der Waals surface area contributed by atoms with Gasteiger partial charge in [0, 0.05) is 23.6 Å². The number of halogens is 2. The van der Waals surface area contributed by atoms with E-state index in [9.17, 15) is 4.39 Å². The van der Waals surface area contributed by atoms with E-state index in [1.807, 2.05) is 6.92 Å². The number of likely N-dealkylation sites (N-methyl/N-ethyl adjacent to an activating group) is 1. The summed E-state index contributed by atoms with van der Waals surface area (Å²) in [5.74, 6) is -0.325. The number of benzene rings is 1. The lowest BCUT2D eigenvalue weighted by Gasteiger charge is -1.98. The van der Waals surface area contributed by atoms with Gasteiger partial charge in [0.2, 0.25) is 0 Å². The summed E-state index contributed by atoms with van der Waals surface area (Å²) in [7, 11) is 0. The molecule has 0 fully saturated rings. The molecule has 2 rings (SSSR count). The standard InChI is InChI=1S/C12H13ClFN3S/c1-2-15-6-5-11-16-17-12(18-11)9-7-8(13)3-4-10(9)14/h3-4,7,15H,2,5-6H2,1H3. The molecule has 1 heterocycles. The van der Waals surface area contributed by atoms with Gasteiger partial charge in [-0.15, -0.1) is 10.2 Å². The Kier molecular flexibility index (Phi) is 4.63. The summed E-state index contributed by atoms with van der Waals surface area (Å²) >= 11 is 7.25. The highest BCUT2D eigenvalue weighted by atomic mass is 35.5. The van der Waals surface area contributed by atoms with Gasteiger partial charge in [0.05, 0.1) is 0 Å². The molecule has 0 spiro atoms. The average molecular weight is 286 g/mol. The number of nitrogens with zero attached hydrogens (tertiary/aromatic N) is 2. The first kappa shape index (κ1) is 13.4. The minimum absolute atomic E-state index is 0.325. The second kappa shape index (κ2) is 6.22. The summed E-state index contributed by atoms with van der Waals surface area (Å²) in [4.78, 5) is 0. The summed E-state index contributed by atoms with van der Waals surface area (Å²) in [6, 6.07) is 4.44. The van der Waals surface area contributed by atoms with Crippen molar-refractivity contribution in [1.82, 2.24) is 15.5 Å². The number of rotatable bonds is 5. The summed E-state index contributed by atoms with van der Waals surface area (Å²) in [6.07, 6.45) is 0.799. The lowest BCUT2D eigenvalue weighted by molar-refractivity contribution is 0.631. The minimum atomic E-state index is -0.325. The lowest BCUT2D eigenvalue weighted by Crippen LogP contribution is -2.15. The highest BCUT2D eigenvalue weighted by Crippen LogP contribution is 2.28. The van der Waals surface area contributed by atoms with Crippen LogP contribution < -0.4 is 5.32 Å². The van der Waals surface area contributed by atoms with Crippen LogP contribution in [-0.2, 0) is 6.42 Å². The van der Waals surface area contributed by atoms with E-state index in [1.165, 1.54) is 23.5 Å². The molecule has 0 unspecified atom stereocenters. The Bertz CT molecular complexity index is 530. The zero-order valence-electron chi connectivity index (χ0n) is 9.91. The van der Waals surface area contributed by atoms with E-state index in [1.54, 1.807) is 6.07 Å². The van der Waals surface area contributed by atoms with Crippen LogP contribution in [0.1, 0.15) is 11.9 Å². The van der Waals surface area contributed by atoms with Crippen molar-refractivity contribution in [3.8, 4) is 10.6 Å². The van der Waals surface area contributed by atoms with Crippen molar-refractivity contribution in [2.24, 2.45) is 0 Å². The molecular weight excluding hydrogens is 273 g/mol. The van der Waals surface area contributed by atoms with Gasteiger partial charge in [0.25, 0.3) is 0 Å². The predicted octanol–water partition coefficient (Wildman–Crippen LogP) is 3.15. The molecule has 0 aliphatic heterocycles. The Labute approximate surface area is 114 Å². The number of hydrogen-bond acceptors (Lipinski definition) is 4. The maximum absolute atomic E-state index is 13.6. The molecule has 6 heteroatoms. The molecule has 0 atom stereocenters. The number of aromatic nitrogens is 2. The molecule has 18 heavy (non-hydrogen) atoms. The zero-order valence-corrected chi connectivity index (χ0v) is 11.5. The molecular formula is C12H13ClFN3S. The van der Waals surface area contributed by atoms with Crippen molar-refractivity contribution in [1.29, 1.82) is 0 Å². The molecule has 1 N–H and O–H groups in total. The molecule has 0 bridgehead atoms. The van der Waals surface area contributed by atoms with Gasteiger partial charge < -0.3 is 5.32 Å². The van der Waals surface area contributed by atoms with Gasteiger partial charge in [-0.05, 0) is 24.7 Å². The Hall–Kier alpha value is -1.04. The molecule has 0 saturated heterocycles. The largest absolute Gasteiger partial charge is 0.317 e. The van der Waals surface area contributed by atoms with Crippen LogP contribution in [0.15, 0.2) is 18.2 Å². The molecule has 2 aromatic rings. The van der Waals surface area contributed by atoms with Crippen LogP contribution in [0.25, 0.3) is 10.6 Å². The third kappa shape index (κ3) is 3.25. The number of hydrogen-bond donors (Lipinski definition) is 1. The van der Waals surface area contributed by atoms with Gasteiger partial charge in [0.1, 0.15) is 10.8 Å². The molecule has 1 aromatic carbocycles. The molecule has 3 nitrogen and oxygen atoms in total. The lowest BCUT2D eigenvalue weighted by atomic mass is 10.2. The van der Waals surface area contributed by atoms with Crippen molar-refractivity contribution >= 4 is 22.9 Å². The zero-order chi connectivity index (χ0) is 13.0. The summed E-state index contributed by atoms with van der Waals surface area (Å²) in [5, 5.41) is 13.2. The smallest absolute Gasteiger partial charge is 0.150 e. The van der Waals surface area contributed by atoms with Gasteiger partial charge in [-0.3, -0.25) is 0 Å². The van der Waals surface area contributed by atoms with Gasteiger partial charge >= 0.3 is 0 Å². The van der Waals surface area contributed by atoms with Crippen molar-refractivity contribution in [3.05, 3.63) is 34.0 Å². The van der Waals surface area contributed by atoms with Crippen molar-refractivity contribution in [2.45, 2.75) is 13.3 Å². The van der Waals surface area contributed by atoms with Crippen molar-refractivity contribution < 1.29 is 4.39 Å². The van der Waals surface area contributed by atoms with Crippen LogP contribution in [0, 0.1) is 5.82 Å². The molecule has 0 amide bonds. The SMILES string of the molecule is CCNCCc1nnc(-c2cc(Cl)ccc2F)s1. The molecule has 0 aliphatic carbocycles. The van der Waals surface area contributed by atoms with E-state index in [4.69, 9.17) is 11.6 Å². The topological polar surface area (TPSA) is 37.8 Å². The highest BCUT2D eigenvalue weighted by molar-refractivity contribution is 7.14. The van der Waals surface area contributed by atoms with Crippen LogP contribution in [0.3, 0.4) is 0 Å². The Balaban J connectivity index is 2.16. The maximum Gasteiger partial charge on any atom is 0.150 e. The van der Waals surface area contributed by atoms with Gasteiger partial charge in [-0.1, -0.05) is 29.9 Å². The van der Waals surface area contributed by atoms with Crippen LogP contribution in [0.4, 0.5) is 4.39 Å². The van der Waals surface area contributed by atoms with Gasteiger partial charge in [0.15, 0.2) is 5.01 Å². The minimum Gasteiger partial charge on any atom is -0.317 e. The monoisotopic (exact) mass is 285 g/mol. The Morgan fingerprint density at radius 1 is 1.39 bits per heavy atom. The van der Waals surface area contributed by atoms with Crippen LogP contribution in [0.2, 0.25) is 5.02 Å². The fourth-order valence-corrected chi connectivity index (χ4v) is 2.53. The molecule has 0 saturated carbocycles. The van der Waals surface area contributed by atoms with E-state index < -0.39 is 0 Å². The molecule has 0 radical (unpaired) electrons. The summed E-state index contributed by atoms with van der Waals surface area (Å²) in [6.45, 7) is 3.82. The predicted molar refractivity (Wildman–Crippen MR) is 72.6 cm³/mol. The first-order valence-corrected chi connectivity index (χ1v) is 6.88. The fourth-order valence-electron chi connectivity index (χ4n) is 1.50. The van der Waals surface area contributed by atoms with Crippen LogP contribution in [0.5, 0.6) is 0 Å². The van der Waals surface area contributed by atoms with E-state index in [2.05, 4.69) is 15.5 Å². The van der Waals surface area contributed by atoms with Gasteiger partial charge in [-0.25, -0.2) is 4.39 Å². The first-order valence-electron chi connectivity index (χ1n) is 5.69. The van der Waals surface area contributed by atoms with Gasteiger partial charge in [-0.2, -0.15) is 0 Å². The molecule has 0 aliphatic rings. The third-order valence-electron chi connectivity index (χ3n) is 2.39. The fraction of sp³-hybridized carbons (Fsp3) is 0.333. The average Bonchev–Trinajstić information content (AvgIpc) is 2.81. The normalized spacial score (nSPS) is 10.8. The van der Waals surface area contributed by atoms with Crippen LogP contribution in [-0.4, -0.2) is 23.3 Å². The summed E-state index contributed by atoms with van der Waals surface area (Å²) in [5.41, 5.74) is 0.412. The molecule has 1 aromatic heterocycles. The van der Waals surface area contributed by atoms with E-state index in [0.717, 1.165) is 24.5 Å². The highest BCUT2D eigenvalue weighted by Gasteiger charge is 2.11. The second-order valence-corrected chi connectivity index (χ2v) is 5.23. The summed E-state index contributed by atoms with van der Waals surface area (Å²) < 4.78 is 13.6. The van der Waals surface area contributed by atoms with E-state index in [0.29, 0.717) is 15.6 Å². The van der Waals surface area contributed by atoms with E-state index in [-0.39, 0.29) is 5.82 Å².